The Labute approximate surface area is 400 Å². The number of nitrogens with zero attached hydrogens (tertiary/aromatic N) is 2. The lowest BCUT2D eigenvalue weighted by molar-refractivity contribution is 0.445. The number of anilines is 6. The van der Waals surface area contributed by atoms with E-state index in [2.05, 4.69) is 216 Å². The topological polar surface area (TPSA) is 6.48 Å². The van der Waals surface area contributed by atoms with Crippen LogP contribution in [0.2, 0.25) is 0 Å². The molecule has 0 aliphatic heterocycles. The van der Waals surface area contributed by atoms with Crippen molar-refractivity contribution in [3.63, 3.8) is 0 Å². The molecule has 2 fully saturated rings. The molecule has 11 aromatic rings. The maximum absolute atomic E-state index is 2.61. The number of benzene rings is 11. The number of hydrogen-bond donors (Lipinski definition) is 0. The van der Waals surface area contributed by atoms with E-state index < -0.39 is 0 Å². The van der Waals surface area contributed by atoms with Crippen molar-refractivity contribution in [2.24, 2.45) is 0 Å². The van der Waals surface area contributed by atoms with Gasteiger partial charge in [-0.3, -0.25) is 0 Å². The van der Waals surface area contributed by atoms with Crippen molar-refractivity contribution in [2.75, 3.05) is 9.80 Å². The minimum atomic E-state index is 0.529. The molecule has 2 heteroatoms. The first-order valence-corrected chi connectivity index (χ1v) is 25.3. The Balaban J connectivity index is 1.05. The molecule has 330 valence electrons. The van der Waals surface area contributed by atoms with Gasteiger partial charge in [-0.05, 0) is 181 Å². The van der Waals surface area contributed by atoms with Crippen LogP contribution in [0.3, 0.4) is 0 Å². The van der Waals surface area contributed by atoms with Crippen LogP contribution in [-0.2, 0) is 0 Å². The molecule has 0 heterocycles. The molecule has 68 heavy (non-hydrogen) atoms. The highest BCUT2D eigenvalue weighted by molar-refractivity contribution is 6.29. The third-order valence-corrected chi connectivity index (χ3v) is 15.7. The van der Waals surface area contributed by atoms with Gasteiger partial charge in [0.25, 0.3) is 0 Å². The summed E-state index contributed by atoms with van der Waals surface area (Å²) in [6.07, 6.45) is 12.9. The molecule has 2 aliphatic rings. The van der Waals surface area contributed by atoms with E-state index in [1.165, 1.54) is 157 Å². The number of para-hydroxylation sites is 2. The van der Waals surface area contributed by atoms with Gasteiger partial charge in [-0.2, -0.15) is 0 Å². The quantitative estimate of drug-likeness (QED) is 0.133. The van der Waals surface area contributed by atoms with E-state index in [4.69, 9.17) is 0 Å². The Kier molecular flexibility index (Phi) is 10.4. The molecule has 11 aromatic carbocycles. The molecule has 0 N–H and O–H groups in total. The number of hydrogen-bond acceptors (Lipinski definition) is 2. The molecular formula is C66H56N2. The van der Waals surface area contributed by atoms with E-state index in [1.807, 2.05) is 0 Å². The van der Waals surface area contributed by atoms with Crippen LogP contribution in [0.1, 0.15) is 87.2 Å². The summed E-state index contributed by atoms with van der Waals surface area (Å²) in [6, 6.07) is 77.9. The monoisotopic (exact) mass is 876 g/mol. The summed E-state index contributed by atoms with van der Waals surface area (Å²) in [5, 5.41) is 13.4. The molecular weight excluding hydrogens is 821 g/mol. The second-order valence-electron chi connectivity index (χ2n) is 19.7. The Bertz CT molecular complexity index is 3580. The van der Waals surface area contributed by atoms with E-state index in [0.717, 1.165) is 17.1 Å². The largest absolute Gasteiger partial charge is 0.310 e. The fourth-order valence-electron chi connectivity index (χ4n) is 12.4. The molecule has 2 nitrogen and oxygen atoms in total. The third kappa shape index (κ3) is 7.17. The summed E-state index contributed by atoms with van der Waals surface area (Å²) >= 11 is 0. The minimum absolute atomic E-state index is 0.529. The van der Waals surface area contributed by atoms with Crippen LogP contribution in [0.5, 0.6) is 0 Å². The van der Waals surface area contributed by atoms with E-state index in [0.29, 0.717) is 11.8 Å². The maximum Gasteiger partial charge on any atom is 0.0543 e. The van der Waals surface area contributed by atoms with Gasteiger partial charge in [0.15, 0.2) is 0 Å². The Morgan fingerprint density at radius 2 is 0.721 bits per heavy atom. The minimum Gasteiger partial charge on any atom is -0.310 e. The van der Waals surface area contributed by atoms with Crippen LogP contribution in [0.15, 0.2) is 206 Å². The van der Waals surface area contributed by atoms with Crippen molar-refractivity contribution in [2.45, 2.75) is 76.0 Å². The first-order chi connectivity index (χ1) is 33.7. The molecule has 0 saturated heterocycles. The average molecular weight is 877 g/mol. The van der Waals surface area contributed by atoms with Crippen molar-refractivity contribution in [3.05, 3.63) is 217 Å². The van der Waals surface area contributed by atoms with Crippen molar-refractivity contribution in [1.82, 2.24) is 0 Å². The highest BCUT2D eigenvalue weighted by Crippen LogP contribution is 2.52. The number of rotatable bonds is 9. The predicted molar refractivity (Wildman–Crippen MR) is 292 cm³/mol. The van der Waals surface area contributed by atoms with E-state index in [9.17, 15) is 0 Å². The SMILES string of the molecule is c1ccc(N(c2ccc(-c3cc(C4CCCCC4)c4ccc5c(N(c6ccccc6)c6ccc7ccccc7c6)cc(C6CCCCC6)c6ccc3c4c65)cc2)c2ccc3ccccc3c2)cc1. The van der Waals surface area contributed by atoms with E-state index >= 15 is 0 Å². The molecule has 13 rings (SSSR count). The maximum atomic E-state index is 2.61. The van der Waals surface area contributed by atoms with E-state index in [-0.39, 0.29) is 0 Å². The van der Waals surface area contributed by atoms with Gasteiger partial charge in [-0.1, -0.05) is 172 Å². The fraction of sp³-hybridized carbons (Fsp3) is 0.182. The summed E-state index contributed by atoms with van der Waals surface area (Å²) in [5.74, 6) is 1.07. The molecule has 0 atom stereocenters. The van der Waals surface area contributed by atoms with Gasteiger partial charge in [0.2, 0.25) is 0 Å². The van der Waals surface area contributed by atoms with Crippen molar-refractivity contribution in [1.29, 1.82) is 0 Å². The summed E-state index contributed by atoms with van der Waals surface area (Å²) < 4.78 is 0. The van der Waals surface area contributed by atoms with Crippen LogP contribution < -0.4 is 9.80 Å². The Hall–Kier alpha value is -7.42. The summed E-state index contributed by atoms with van der Waals surface area (Å²) in [4.78, 5) is 4.95. The van der Waals surface area contributed by atoms with Crippen LogP contribution in [-0.4, -0.2) is 0 Å². The Morgan fingerprint density at radius 3 is 1.29 bits per heavy atom. The van der Waals surface area contributed by atoms with Gasteiger partial charge in [-0.15, -0.1) is 0 Å². The predicted octanol–water partition coefficient (Wildman–Crippen LogP) is 19.6. The zero-order valence-corrected chi connectivity index (χ0v) is 38.8. The molecule has 2 saturated carbocycles. The fourth-order valence-corrected chi connectivity index (χ4v) is 12.4. The molecule has 0 unspecified atom stereocenters. The zero-order valence-electron chi connectivity index (χ0n) is 38.8. The van der Waals surface area contributed by atoms with Gasteiger partial charge in [0.1, 0.15) is 0 Å². The number of fused-ring (bicyclic) bond motifs is 2. The molecule has 0 amide bonds. The summed E-state index contributed by atoms with van der Waals surface area (Å²) in [7, 11) is 0. The lowest BCUT2D eigenvalue weighted by atomic mass is 9.76. The van der Waals surface area contributed by atoms with Gasteiger partial charge in [0.05, 0.1) is 5.69 Å². The van der Waals surface area contributed by atoms with Crippen molar-refractivity contribution < 1.29 is 0 Å². The second-order valence-corrected chi connectivity index (χ2v) is 19.7. The highest BCUT2D eigenvalue weighted by atomic mass is 15.1. The molecule has 0 aromatic heterocycles. The highest BCUT2D eigenvalue weighted by Gasteiger charge is 2.28. The zero-order chi connectivity index (χ0) is 45.0. The summed E-state index contributed by atoms with van der Waals surface area (Å²) in [6.45, 7) is 0. The summed E-state index contributed by atoms with van der Waals surface area (Å²) in [5.41, 5.74) is 12.8. The normalized spacial score (nSPS) is 14.9. The third-order valence-electron chi connectivity index (χ3n) is 15.7. The smallest absolute Gasteiger partial charge is 0.0543 e. The molecule has 0 bridgehead atoms. The van der Waals surface area contributed by atoms with Gasteiger partial charge < -0.3 is 9.80 Å². The van der Waals surface area contributed by atoms with Crippen LogP contribution in [0, 0.1) is 0 Å². The van der Waals surface area contributed by atoms with Crippen LogP contribution in [0.25, 0.3) is 65.0 Å². The molecule has 0 radical (unpaired) electrons. The molecule has 0 spiro atoms. The van der Waals surface area contributed by atoms with Crippen molar-refractivity contribution in [3.8, 4) is 11.1 Å². The first-order valence-electron chi connectivity index (χ1n) is 25.3. The van der Waals surface area contributed by atoms with Gasteiger partial charge in [0, 0.05) is 33.8 Å². The van der Waals surface area contributed by atoms with Crippen LogP contribution >= 0.6 is 0 Å². The van der Waals surface area contributed by atoms with Crippen molar-refractivity contribution >= 4 is 88.0 Å². The molecule has 2 aliphatic carbocycles. The van der Waals surface area contributed by atoms with Gasteiger partial charge >= 0.3 is 0 Å². The Morgan fingerprint density at radius 1 is 0.294 bits per heavy atom. The van der Waals surface area contributed by atoms with Crippen LogP contribution in [0.4, 0.5) is 34.1 Å². The average Bonchev–Trinajstić information content (AvgIpc) is 3.41. The lowest BCUT2D eigenvalue weighted by Crippen LogP contribution is -2.13. The first kappa shape index (κ1) is 40.8. The second kappa shape index (κ2) is 17.3. The van der Waals surface area contributed by atoms with E-state index in [1.54, 1.807) is 0 Å². The standard InChI is InChI=1S/C66H56N2/c1-5-19-47(20-6-1)61-43-62(49-31-33-54(34-32-49)67(52-25-9-3-10-26-52)55-35-29-45-17-13-15-23-50(45)41-55)57-37-38-59-63(48-21-7-2-8-22-48)44-64(60-40-39-58(61)65(57)66(59)60)68(53-27-11-4-12-28-53)56-36-30-46-18-14-16-24-51(46)42-56/h3-4,9-18,23-44,47-48H,1-2,5-8,19-22H2. The van der Waals surface area contributed by atoms with Gasteiger partial charge in [-0.25, -0.2) is 0 Å². The lowest BCUT2D eigenvalue weighted by Gasteiger charge is -2.32.